The van der Waals surface area contributed by atoms with E-state index in [9.17, 15) is 5.26 Å². The first-order valence-corrected chi connectivity index (χ1v) is 11.2. The number of benzene rings is 2. The number of aromatic nitrogens is 2. The molecule has 1 aromatic heterocycles. The van der Waals surface area contributed by atoms with Crippen LogP contribution in [0.25, 0.3) is 11.3 Å². The average Bonchev–Trinajstić information content (AvgIpc) is 3.20. The van der Waals surface area contributed by atoms with E-state index in [1.54, 1.807) is 4.68 Å². The highest BCUT2D eigenvalue weighted by molar-refractivity contribution is 5.81. The molecule has 0 atom stereocenters. The van der Waals surface area contributed by atoms with Crippen LogP contribution in [0.1, 0.15) is 29.7 Å². The zero-order chi connectivity index (χ0) is 23.0. The molecule has 2 aromatic carbocycles. The maximum atomic E-state index is 9.59. The van der Waals surface area contributed by atoms with Crippen LogP contribution in [0.4, 0.5) is 5.82 Å². The first-order chi connectivity index (χ1) is 16.2. The van der Waals surface area contributed by atoms with Crippen molar-refractivity contribution in [2.24, 2.45) is 4.99 Å². The standard InChI is InChI=1S/C26H29N7/c1-29-26(32-17-14-21(15-18-32)20-9-4-2-5-10-20)30-16-8-13-24-23(19-27)25(28)33(31-24)22-11-6-3-7-12-22/h2-7,9-12,14H,8,13,15-18,28H2,1H3,(H,29,30). The molecule has 0 radical (unpaired) electrons. The zero-order valence-corrected chi connectivity index (χ0v) is 18.9. The lowest BCUT2D eigenvalue weighted by Crippen LogP contribution is -2.43. The van der Waals surface area contributed by atoms with Crippen molar-refractivity contribution in [1.82, 2.24) is 20.0 Å². The summed E-state index contributed by atoms with van der Waals surface area (Å²) in [5.41, 5.74) is 10.9. The number of aryl methyl sites for hydroxylation is 1. The van der Waals surface area contributed by atoms with Gasteiger partial charge in [-0.2, -0.15) is 10.4 Å². The molecular weight excluding hydrogens is 410 g/mol. The predicted molar refractivity (Wildman–Crippen MR) is 133 cm³/mol. The van der Waals surface area contributed by atoms with Crippen LogP contribution in [-0.2, 0) is 6.42 Å². The van der Waals surface area contributed by atoms with Crippen LogP contribution < -0.4 is 11.1 Å². The predicted octanol–water partition coefficient (Wildman–Crippen LogP) is 3.62. The third-order valence-electron chi connectivity index (χ3n) is 5.84. The molecule has 3 N–H and O–H groups in total. The molecule has 0 fully saturated rings. The Morgan fingerprint density at radius 1 is 1.15 bits per heavy atom. The molecule has 7 nitrogen and oxygen atoms in total. The van der Waals surface area contributed by atoms with Gasteiger partial charge in [-0.25, -0.2) is 4.68 Å². The van der Waals surface area contributed by atoms with Crippen molar-refractivity contribution in [3.05, 3.63) is 83.6 Å². The molecule has 0 amide bonds. The van der Waals surface area contributed by atoms with Gasteiger partial charge in [-0.3, -0.25) is 4.99 Å². The van der Waals surface area contributed by atoms with Crippen molar-refractivity contribution in [3.63, 3.8) is 0 Å². The summed E-state index contributed by atoms with van der Waals surface area (Å²) in [6.45, 7) is 2.50. The number of nitrogen functional groups attached to an aromatic ring is 1. The maximum absolute atomic E-state index is 9.59. The third kappa shape index (κ3) is 5.07. The van der Waals surface area contributed by atoms with Crippen LogP contribution in [0.2, 0.25) is 0 Å². The van der Waals surface area contributed by atoms with Crippen LogP contribution in [0.5, 0.6) is 0 Å². The quantitative estimate of drug-likeness (QED) is 0.347. The first-order valence-electron chi connectivity index (χ1n) is 11.2. The Bertz CT molecular complexity index is 1170. The second-order valence-electron chi connectivity index (χ2n) is 7.94. The van der Waals surface area contributed by atoms with Gasteiger partial charge < -0.3 is 16.0 Å². The van der Waals surface area contributed by atoms with Crippen molar-refractivity contribution in [3.8, 4) is 11.8 Å². The van der Waals surface area contributed by atoms with Crippen LogP contribution >= 0.6 is 0 Å². The van der Waals surface area contributed by atoms with Gasteiger partial charge in [0, 0.05) is 26.7 Å². The molecule has 0 unspecified atom stereocenters. The van der Waals surface area contributed by atoms with E-state index in [4.69, 9.17) is 5.73 Å². The normalized spacial score (nSPS) is 14.0. The van der Waals surface area contributed by atoms with Gasteiger partial charge in [-0.1, -0.05) is 54.6 Å². The Morgan fingerprint density at radius 3 is 2.52 bits per heavy atom. The molecule has 0 bridgehead atoms. The van der Waals surface area contributed by atoms with E-state index in [0.717, 1.165) is 49.8 Å². The SMILES string of the molecule is CN=C(NCCCc1nn(-c2ccccc2)c(N)c1C#N)N1CC=C(c2ccccc2)CC1. The highest BCUT2D eigenvalue weighted by Crippen LogP contribution is 2.23. The second kappa shape index (κ2) is 10.5. The van der Waals surface area contributed by atoms with Gasteiger partial charge in [0.1, 0.15) is 17.5 Å². The fourth-order valence-electron chi connectivity index (χ4n) is 4.11. The van der Waals surface area contributed by atoms with Crippen molar-refractivity contribution >= 4 is 17.4 Å². The third-order valence-corrected chi connectivity index (χ3v) is 5.84. The van der Waals surface area contributed by atoms with Gasteiger partial charge in [-0.15, -0.1) is 0 Å². The molecule has 33 heavy (non-hydrogen) atoms. The van der Waals surface area contributed by atoms with E-state index in [1.165, 1.54) is 11.1 Å². The summed E-state index contributed by atoms with van der Waals surface area (Å²) in [5, 5.41) is 17.6. The number of para-hydroxylation sites is 1. The summed E-state index contributed by atoms with van der Waals surface area (Å²) in [7, 11) is 1.81. The molecular formula is C26H29N7. The monoisotopic (exact) mass is 439 g/mol. The number of nitriles is 1. The lowest BCUT2D eigenvalue weighted by Gasteiger charge is -2.29. The molecule has 1 aliphatic heterocycles. The smallest absolute Gasteiger partial charge is 0.193 e. The van der Waals surface area contributed by atoms with E-state index in [-0.39, 0.29) is 0 Å². The number of anilines is 1. The molecule has 168 valence electrons. The molecule has 3 aromatic rings. The lowest BCUT2D eigenvalue weighted by atomic mass is 10.00. The number of hydrogen-bond acceptors (Lipinski definition) is 4. The number of rotatable bonds is 6. The molecule has 0 saturated heterocycles. The Morgan fingerprint density at radius 2 is 1.88 bits per heavy atom. The molecule has 0 spiro atoms. The van der Waals surface area contributed by atoms with Gasteiger partial charge in [0.05, 0.1) is 11.4 Å². The van der Waals surface area contributed by atoms with Crippen molar-refractivity contribution < 1.29 is 0 Å². The van der Waals surface area contributed by atoms with Gasteiger partial charge in [-0.05, 0) is 42.5 Å². The van der Waals surface area contributed by atoms with Gasteiger partial charge in [0.2, 0.25) is 0 Å². The van der Waals surface area contributed by atoms with E-state index < -0.39 is 0 Å². The molecule has 0 aliphatic carbocycles. The number of nitrogens with zero attached hydrogens (tertiary/aromatic N) is 5. The number of nitrogens with two attached hydrogens (primary N) is 1. The fraction of sp³-hybridized carbons (Fsp3) is 0.269. The van der Waals surface area contributed by atoms with Crippen LogP contribution in [0.15, 0.2) is 71.7 Å². The minimum atomic E-state index is 0.386. The minimum absolute atomic E-state index is 0.386. The van der Waals surface area contributed by atoms with Crippen molar-refractivity contribution in [1.29, 1.82) is 5.26 Å². The minimum Gasteiger partial charge on any atom is -0.382 e. The van der Waals surface area contributed by atoms with Crippen molar-refractivity contribution in [2.45, 2.75) is 19.3 Å². The summed E-state index contributed by atoms with van der Waals surface area (Å²) in [6, 6.07) is 22.4. The Labute approximate surface area is 194 Å². The molecule has 1 aliphatic rings. The highest BCUT2D eigenvalue weighted by Gasteiger charge is 2.18. The van der Waals surface area contributed by atoms with Gasteiger partial charge >= 0.3 is 0 Å². The molecule has 4 rings (SSSR count). The topological polar surface area (TPSA) is 95.3 Å². The van der Waals surface area contributed by atoms with E-state index in [2.05, 4.69) is 56.7 Å². The average molecular weight is 440 g/mol. The van der Waals surface area contributed by atoms with E-state index in [0.29, 0.717) is 17.8 Å². The fourth-order valence-corrected chi connectivity index (χ4v) is 4.11. The largest absolute Gasteiger partial charge is 0.382 e. The summed E-state index contributed by atoms with van der Waals surface area (Å²) >= 11 is 0. The highest BCUT2D eigenvalue weighted by atomic mass is 15.3. The molecule has 0 saturated carbocycles. The Balaban J connectivity index is 1.32. The number of hydrogen-bond donors (Lipinski definition) is 2. The van der Waals surface area contributed by atoms with E-state index in [1.807, 2.05) is 43.4 Å². The summed E-state index contributed by atoms with van der Waals surface area (Å²) in [5.74, 6) is 1.28. The number of guanidine groups is 1. The Hall–Kier alpha value is -4.05. The number of nitrogens with one attached hydrogen (secondary N) is 1. The summed E-state index contributed by atoms with van der Waals surface area (Å²) in [4.78, 5) is 6.71. The maximum Gasteiger partial charge on any atom is 0.193 e. The molecule has 2 heterocycles. The first kappa shape index (κ1) is 22.2. The zero-order valence-electron chi connectivity index (χ0n) is 18.9. The van der Waals surface area contributed by atoms with Gasteiger partial charge in [0.15, 0.2) is 5.96 Å². The lowest BCUT2D eigenvalue weighted by molar-refractivity contribution is 0.439. The van der Waals surface area contributed by atoms with Crippen LogP contribution in [0, 0.1) is 11.3 Å². The summed E-state index contributed by atoms with van der Waals surface area (Å²) in [6.07, 6.45) is 4.75. The van der Waals surface area contributed by atoms with E-state index >= 15 is 0 Å². The second-order valence-corrected chi connectivity index (χ2v) is 7.94. The number of aliphatic imine (C=N–C) groups is 1. The molecule has 7 heteroatoms. The summed E-state index contributed by atoms with van der Waals surface area (Å²) < 4.78 is 1.64. The van der Waals surface area contributed by atoms with Crippen LogP contribution in [0.3, 0.4) is 0 Å². The van der Waals surface area contributed by atoms with Crippen molar-refractivity contribution in [2.75, 3.05) is 32.4 Å². The Kier molecular flexibility index (Phi) is 7.06. The van der Waals surface area contributed by atoms with Crippen LogP contribution in [-0.4, -0.2) is 47.3 Å². The van der Waals surface area contributed by atoms with Gasteiger partial charge in [0.25, 0.3) is 0 Å².